The summed E-state index contributed by atoms with van der Waals surface area (Å²) < 4.78 is 39.2. The Labute approximate surface area is 302 Å². The predicted molar refractivity (Wildman–Crippen MR) is 202 cm³/mol. The molecule has 1 aliphatic heterocycles. The summed E-state index contributed by atoms with van der Waals surface area (Å²) in [5.41, 5.74) is 5.55. The van der Waals surface area contributed by atoms with Crippen LogP contribution >= 0.6 is 0 Å². The molecule has 4 rings (SSSR count). The van der Waals surface area contributed by atoms with E-state index in [1.54, 1.807) is 0 Å². The van der Waals surface area contributed by atoms with Gasteiger partial charge >= 0.3 is 0 Å². The van der Waals surface area contributed by atoms with Crippen LogP contribution in [0.15, 0.2) is 103 Å². The van der Waals surface area contributed by atoms with E-state index in [4.69, 9.17) is 28.1 Å². The van der Waals surface area contributed by atoms with Gasteiger partial charge in [0.2, 0.25) is 8.32 Å². The minimum atomic E-state index is -2.09. The minimum absolute atomic E-state index is 0.234. The molecule has 274 valence electrons. The second kappa shape index (κ2) is 20.4. The van der Waals surface area contributed by atoms with Crippen LogP contribution in [0.5, 0.6) is 0 Å². The molecule has 7 nitrogen and oxygen atoms in total. The molecule has 5 atom stereocenters. The Morgan fingerprint density at radius 1 is 0.680 bits per heavy atom. The molecule has 0 unspecified atom stereocenters. The molecular formula is C42H60O7Si. The lowest BCUT2D eigenvalue weighted by molar-refractivity contribution is -0.317. The van der Waals surface area contributed by atoms with E-state index < -0.39 is 39.0 Å². The van der Waals surface area contributed by atoms with Crippen molar-refractivity contribution in [3.05, 3.63) is 119 Å². The molecule has 0 aromatic heterocycles. The van der Waals surface area contributed by atoms with Gasteiger partial charge in [-0.25, -0.2) is 0 Å². The number of aliphatic hydroxyl groups is 1. The van der Waals surface area contributed by atoms with Crippen LogP contribution in [0.25, 0.3) is 0 Å². The van der Waals surface area contributed by atoms with Gasteiger partial charge in [-0.3, -0.25) is 0 Å². The Hall–Kier alpha value is -2.66. The van der Waals surface area contributed by atoms with Crippen LogP contribution < -0.4 is 0 Å². The van der Waals surface area contributed by atoms with Crippen LogP contribution in [-0.4, -0.2) is 64.0 Å². The molecule has 1 N–H and O–H groups in total. The molecule has 0 saturated carbocycles. The summed E-state index contributed by atoms with van der Waals surface area (Å²) in [5, 5.41) is 11.9. The Kier molecular flexibility index (Phi) is 16.4. The molecule has 0 radical (unpaired) electrons. The van der Waals surface area contributed by atoms with Gasteiger partial charge in [-0.05, 0) is 45.3 Å². The number of hydrogen-bond donors (Lipinski definition) is 1. The number of benzene rings is 3. The highest BCUT2D eigenvalue weighted by Gasteiger charge is 2.48. The monoisotopic (exact) mass is 704 g/mol. The van der Waals surface area contributed by atoms with Crippen LogP contribution in [0.2, 0.25) is 16.6 Å². The fourth-order valence-electron chi connectivity index (χ4n) is 7.31. The SMILES string of the molecule is CC/C=C(/CO[C@@H]1O[C@H](COCc2ccccc2)[C@@H](OCc2ccccc2)[C@H](OCc2ccccc2)[C@H]1O)CO[Si](C(C)C)(C(C)C)C(C)C. The van der Waals surface area contributed by atoms with Gasteiger partial charge in [-0.2, -0.15) is 0 Å². The molecule has 1 fully saturated rings. The van der Waals surface area contributed by atoms with Crippen LogP contribution in [0.1, 0.15) is 71.6 Å². The smallest absolute Gasteiger partial charge is 0.200 e. The molecule has 50 heavy (non-hydrogen) atoms. The first-order valence-corrected chi connectivity index (χ1v) is 20.5. The van der Waals surface area contributed by atoms with Crippen molar-refractivity contribution in [2.45, 2.75) is 122 Å². The largest absolute Gasteiger partial charge is 0.412 e. The molecule has 0 spiro atoms. The summed E-state index contributed by atoms with van der Waals surface area (Å²) in [6.45, 7) is 18.0. The molecule has 1 saturated heterocycles. The van der Waals surface area contributed by atoms with Crippen molar-refractivity contribution < 1.29 is 33.2 Å². The Balaban J connectivity index is 1.55. The quantitative estimate of drug-likeness (QED) is 0.0930. The Bertz CT molecular complexity index is 1360. The van der Waals surface area contributed by atoms with E-state index in [0.29, 0.717) is 43.1 Å². The Morgan fingerprint density at radius 2 is 1.16 bits per heavy atom. The van der Waals surface area contributed by atoms with E-state index >= 15 is 0 Å². The van der Waals surface area contributed by atoms with E-state index in [1.165, 1.54) is 0 Å². The summed E-state index contributed by atoms with van der Waals surface area (Å²) in [6.07, 6.45) is -0.956. The molecule has 1 heterocycles. The van der Waals surface area contributed by atoms with Crippen LogP contribution in [-0.2, 0) is 47.9 Å². The lowest BCUT2D eigenvalue weighted by Crippen LogP contribution is -2.61. The third-order valence-electron chi connectivity index (χ3n) is 9.72. The van der Waals surface area contributed by atoms with E-state index in [1.807, 2.05) is 91.0 Å². The van der Waals surface area contributed by atoms with Gasteiger partial charge < -0.3 is 33.2 Å². The van der Waals surface area contributed by atoms with Crippen molar-refractivity contribution in [1.82, 2.24) is 0 Å². The lowest BCUT2D eigenvalue weighted by atomic mass is 9.98. The van der Waals surface area contributed by atoms with Gasteiger partial charge in [-0.1, -0.05) is 146 Å². The maximum absolute atomic E-state index is 11.9. The number of allylic oxidation sites excluding steroid dienone is 1. The lowest BCUT2D eigenvalue weighted by Gasteiger charge is -2.44. The summed E-state index contributed by atoms with van der Waals surface area (Å²) in [7, 11) is -2.09. The fourth-order valence-corrected chi connectivity index (χ4v) is 12.7. The second-order valence-corrected chi connectivity index (χ2v) is 19.7. The summed E-state index contributed by atoms with van der Waals surface area (Å²) in [4.78, 5) is 0. The third kappa shape index (κ3) is 11.2. The Morgan fingerprint density at radius 3 is 1.64 bits per heavy atom. The van der Waals surface area contributed by atoms with Gasteiger partial charge in [0.05, 0.1) is 39.6 Å². The van der Waals surface area contributed by atoms with Gasteiger partial charge in [-0.15, -0.1) is 0 Å². The number of hydrogen-bond acceptors (Lipinski definition) is 7. The molecule has 0 bridgehead atoms. The number of ether oxygens (including phenoxy) is 5. The average Bonchev–Trinajstić information content (AvgIpc) is 3.11. The van der Waals surface area contributed by atoms with Gasteiger partial charge in [0.1, 0.15) is 24.4 Å². The van der Waals surface area contributed by atoms with Gasteiger partial charge in [0.25, 0.3) is 0 Å². The first kappa shape index (κ1) is 40.1. The molecular weight excluding hydrogens is 645 g/mol. The first-order chi connectivity index (χ1) is 24.1. The zero-order valence-corrected chi connectivity index (χ0v) is 32.2. The standard InChI is InChI=1S/C42H60O7Si/c1-8-18-37(29-48-50(31(2)3,32(4)5)33(6)7)28-47-42-39(43)41(46-27-36-23-16-11-17-24-36)40(45-26-35-21-14-10-15-22-35)38(49-42)30-44-25-34-19-12-9-13-20-34/h9-24,31-33,38-43H,8,25-30H2,1-7H3/b37-18-/t38-,39-,40-,41-,42-/m1/s1. The molecule has 3 aromatic carbocycles. The summed E-state index contributed by atoms with van der Waals surface area (Å²) >= 11 is 0. The highest BCUT2D eigenvalue weighted by atomic mass is 28.4. The van der Waals surface area contributed by atoms with Crippen molar-refractivity contribution >= 4 is 8.32 Å². The highest BCUT2D eigenvalue weighted by molar-refractivity contribution is 6.77. The number of rotatable bonds is 20. The number of aliphatic hydroxyl groups excluding tert-OH is 1. The van der Waals surface area contributed by atoms with E-state index in [2.05, 4.69) is 54.5 Å². The fraction of sp³-hybridized carbons (Fsp3) is 0.524. The van der Waals surface area contributed by atoms with Crippen LogP contribution in [0, 0.1) is 0 Å². The molecule has 0 aliphatic carbocycles. The molecule has 1 aliphatic rings. The maximum Gasteiger partial charge on any atom is 0.200 e. The van der Waals surface area contributed by atoms with Crippen molar-refractivity contribution in [2.75, 3.05) is 19.8 Å². The highest BCUT2D eigenvalue weighted by Crippen LogP contribution is 2.42. The maximum atomic E-state index is 11.9. The van der Waals surface area contributed by atoms with Gasteiger partial charge in [0, 0.05) is 0 Å². The summed E-state index contributed by atoms with van der Waals surface area (Å²) in [6, 6.07) is 30.0. The van der Waals surface area contributed by atoms with E-state index in [0.717, 1.165) is 28.7 Å². The van der Waals surface area contributed by atoms with Crippen molar-refractivity contribution in [2.24, 2.45) is 0 Å². The van der Waals surface area contributed by atoms with Crippen LogP contribution in [0.4, 0.5) is 0 Å². The molecule has 8 heteroatoms. The minimum Gasteiger partial charge on any atom is -0.412 e. The zero-order valence-electron chi connectivity index (χ0n) is 31.2. The van der Waals surface area contributed by atoms with Crippen molar-refractivity contribution in [3.8, 4) is 0 Å². The average molecular weight is 705 g/mol. The zero-order chi connectivity index (χ0) is 35.9. The second-order valence-electron chi connectivity index (χ2n) is 14.2. The summed E-state index contributed by atoms with van der Waals surface area (Å²) in [5.74, 6) is 0. The predicted octanol–water partition coefficient (Wildman–Crippen LogP) is 9.00. The first-order valence-electron chi connectivity index (χ1n) is 18.3. The van der Waals surface area contributed by atoms with Crippen molar-refractivity contribution in [1.29, 1.82) is 0 Å². The molecule has 0 amide bonds. The van der Waals surface area contributed by atoms with E-state index in [-0.39, 0.29) is 13.2 Å². The topological polar surface area (TPSA) is 75.6 Å². The van der Waals surface area contributed by atoms with Gasteiger partial charge in [0.15, 0.2) is 6.29 Å². The van der Waals surface area contributed by atoms with E-state index in [9.17, 15) is 5.11 Å². The van der Waals surface area contributed by atoms with Crippen molar-refractivity contribution in [3.63, 3.8) is 0 Å². The third-order valence-corrected chi connectivity index (χ3v) is 15.8. The van der Waals surface area contributed by atoms with Crippen LogP contribution in [0.3, 0.4) is 0 Å². The molecule has 3 aromatic rings. The normalized spacial score (nSPS) is 21.7.